The Bertz CT molecular complexity index is 1100. The van der Waals surface area contributed by atoms with Crippen molar-refractivity contribution in [3.05, 3.63) is 77.0 Å². The zero-order valence-corrected chi connectivity index (χ0v) is 18.0. The number of anilines is 1. The summed E-state index contributed by atoms with van der Waals surface area (Å²) in [5.41, 5.74) is 5.06. The molecular formula is C24H26N4O3. The van der Waals surface area contributed by atoms with Crippen molar-refractivity contribution in [1.82, 2.24) is 14.7 Å². The summed E-state index contributed by atoms with van der Waals surface area (Å²) in [6, 6.07) is 17.3. The molecular weight excluding hydrogens is 392 g/mol. The highest BCUT2D eigenvalue weighted by Gasteiger charge is 2.33. The number of carbonyl (C=O) groups is 2. The summed E-state index contributed by atoms with van der Waals surface area (Å²) in [4.78, 5) is 27.2. The summed E-state index contributed by atoms with van der Waals surface area (Å²) >= 11 is 0. The molecule has 3 aromatic rings. The second-order valence-electron chi connectivity index (χ2n) is 7.88. The first-order valence-electron chi connectivity index (χ1n) is 10.3. The van der Waals surface area contributed by atoms with Gasteiger partial charge in [-0.2, -0.15) is 5.10 Å². The summed E-state index contributed by atoms with van der Waals surface area (Å²) in [7, 11) is 1.38. The average molecular weight is 418 g/mol. The Morgan fingerprint density at radius 3 is 2.52 bits per heavy atom. The van der Waals surface area contributed by atoms with Crippen LogP contribution in [0.4, 0.5) is 5.82 Å². The molecule has 1 aromatic heterocycles. The number of ether oxygens (including phenoxy) is 1. The van der Waals surface area contributed by atoms with Crippen LogP contribution in [0.1, 0.15) is 22.4 Å². The van der Waals surface area contributed by atoms with Crippen molar-refractivity contribution < 1.29 is 14.3 Å². The van der Waals surface area contributed by atoms with Crippen molar-refractivity contribution >= 4 is 17.7 Å². The molecule has 0 saturated carbocycles. The molecule has 31 heavy (non-hydrogen) atoms. The number of benzene rings is 2. The third-order valence-corrected chi connectivity index (χ3v) is 5.54. The topological polar surface area (TPSA) is 76.5 Å². The van der Waals surface area contributed by atoms with E-state index < -0.39 is 6.04 Å². The van der Waals surface area contributed by atoms with Gasteiger partial charge in [0.15, 0.2) is 0 Å². The molecule has 7 heteroatoms. The number of nitrogens with one attached hydrogen (secondary N) is 1. The third kappa shape index (κ3) is 4.51. The molecule has 160 valence electrons. The number of amides is 1. The standard InChI is InChI=1S/C24H26N4O3/c1-16-8-10-20(11-9-16)28-22(12-17(2)26-28)25-23(29)15-27-14-19-7-5-4-6-18(19)13-21(27)24(30)31-3/h4-12,21H,13-15H2,1-3H3,(H,25,29). The number of hydrogen-bond acceptors (Lipinski definition) is 5. The van der Waals surface area contributed by atoms with E-state index in [9.17, 15) is 9.59 Å². The summed E-state index contributed by atoms with van der Waals surface area (Å²) in [6.07, 6.45) is 0.524. The van der Waals surface area contributed by atoms with Gasteiger partial charge in [0.1, 0.15) is 11.9 Å². The number of aromatic nitrogens is 2. The fourth-order valence-electron chi connectivity index (χ4n) is 3.95. The zero-order chi connectivity index (χ0) is 22.0. The van der Waals surface area contributed by atoms with Gasteiger partial charge in [0, 0.05) is 12.6 Å². The van der Waals surface area contributed by atoms with Crippen LogP contribution >= 0.6 is 0 Å². The first-order valence-corrected chi connectivity index (χ1v) is 10.3. The van der Waals surface area contributed by atoms with Gasteiger partial charge in [-0.3, -0.25) is 14.5 Å². The Hall–Kier alpha value is -3.45. The number of fused-ring (bicyclic) bond motifs is 1. The minimum atomic E-state index is -0.491. The van der Waals surface area contributed by atoms with Crippen LogP contribution in [-0.2, 0) is 27.3 Å². The van der Waals surface area contributed by atoms with Gasteiger partial charge < -0.3 is 10.1 Å². The Balaban J connectivity index is 1.53. The molecule has 1 aliphatic heterocycles. The molecule has 0 saturated heterocycles. The SMILES string of the molecule is COC(=O)C1Cc2ccccc2CN1CC(=O)Nc1cc(C)nn1-c1ccc(C)cc1. The Kier molecular flexibility index (Phi) is 5.86. The van der Waals surface area contributed by atoms with E-state index in [1.165, 1.54) is 7.11 Å². The van der Waals surface area contributed by atoms with Gasteiger partial charge in [0.2, 0.25) is 5.91 Å². The number of nitrogens with zero attached hydrogens (tertiary/aromatic N) is 3. The van der Waals surface area contributed by atoms with Gasteiger partial charge in [-0.15, -0.1) is 0 Å². The van der Waals surface area contributed by atoms with Crippen molar-refractivity contribution in [2.75, 3.05) is 19.0 Å². The fraction of sp³-hybridized carbons (Fsp3) is 0.292. The van der Waals surface area contributed by atoms with Crippen molar-refractivity contribution in [1.29, 1.82) is 0 Å². The van der Waals surface area contributed by atoms with E-state index in [1.54, 1.807) is 4.68 Å². The van der Waals surface area contributed by atoms with Gasteiger partial charge in [-0.05, 0) is 43.5 Å². The highest BCUT2D eigenvalue weighted by Crippen LogP contribution is 2.24. The lowest BCUT2D eigenvalue weighted by Gasteiger charge is -2.34. The lowest BCUT2D eigenvalue weighted by atomic mass is 9.94. The minimum absolute atomic E-state index is 0.0756. The highest BCUT2D eigenvalue weighted by molar-refractivity contribution is 5.92. The fourth-order valence-corrected chi connectivity index (χ4v) is 3.95. The van der Waals surface area contributed by atoms with Gasteiger partial charge in [-0.25, -0.2) is 4.68 Å². The smallest absolute Gasteiger partial charge is 0.323 e. The highest BCUT2D eigenvalue weighted by atomic mass is 16.5. The molecule has 1 amide bonds. The summed E-state index contributed by atoms with van der Waals surface area (Å²) in [6.45, 7) is 4.50. The lowest BCUT2D eigenvalue weighted by Crippen LogP contribution is -2.49. The van der Waals surface area contributed by atoms with E-state index in [2.05, 4.69) is 10.4 Å². The van der Waals surface area contributed by atoms with Crippen molar-refractivity contribution in [3.63, 3.8) is 0 Å². The molecule has 4 rings (SSSR count). The van der Waals surface area contributed by atoms with Crippen LogP contribution in [0.15, 0.2) is 54.6 Å². The quantitative estimate of drug-likeness (QED) is 0.645. The van der Waals surface area contributed by atoms with Crippen LogP contribution in [0.3, 0.4) is 0 Å². The number of esters is 1. The molecule has 0 aliphatic carbocycles. The molecule has 7 nitrogen and oxygen atoms in total. The van der Waals surface area contributed by atoms with Crippen molar-refractivity contribution in [3.8, 4) is 5.69 Å². The predicted molar refractivity (Wildman–Crippen MR) is 118 cm³/mol. The van der Waals surface area contributed by atoms with Crippen LogP contribution in [0.2, 0.25) is 0 Å². The summed E-state index contributed by atoms with van der Waals surface area (Å²) in [5.74, 6) is 0.0581. The van der Waals surface area contributed by atoms with Gasteiger partial charge >= 0.3 is 5.97 Å². The number of methoxy groups -OCH3 is 1. The van der Waals surface area contributed by atoms with Crippen molar-refractivity contribution in [2.24, 2.45) is 0 Å². The van der Waals surface area contributed by atoms with Crippen LogP contribution in [0.25, 0.3) is 5.69 Å². The normalized spacial score (nSPS) is 15.9. The number of rotatable bonds is 5. The van der Waals surface area contributed by atoms with Crippen LogP contribution in [0, 0.1) is 13.8 Å². The first-order chi connectivity index (χ1) is 14.9. The molecule has 0 bridgehead atoms. The predicted octanol–water partition coefficient (Wildman–Crippen LogP) is 3.03. The molecule has 0 radical (unpaired) electrons. The van der Waals surface area contributed by atoms with E-state index in [0.29, 0.717) is 18.8 Å². The Labute approximate surface area is 181 Å². The van der Waals surface area contributed by atoms with E-state index >= 15 is 0 Å². The first kappa shape index (κ1) is 20.8. The monoisotopic (exact) mass is 418 g/mol. The molecule has 0 spiro atoms. The minimum Gasteiger partial charge on any atom is -0.468 e. The molecule has 0 fully saturated rings. The maximum Gasteiger partial charge on any atom is 0.323 e. The number of aryl methyl sites for hydroxylation is 2. The molecule has 1 aliphatic rings. The second kappa shape index (κ2) is 8.73. The zero-order valence-electron chi connectivity index (χ0n) is 18.0. The average Bonchev–Trinajstić information content (AvgIpc) is 3.12. The Morgan fingerprint density at radius 2 is 1.81 bits per heavy atom. The van der Waals surface area contributed by atoms with Crippen LogP contribution in [-0.4, -0.2) is 46.3 Å². The van der Waals surface area contributed by atoms with Gasteiger partial charge in [0.25, 0.3) is 0 Å². The van der Waals surface area contributed by atoms with Gasteiger partial charge in [0.05, 0.1) is 25.0 Å². The number of hydrogen-bond donors (Lipinski definition) is 1. The Morgan fingerprint density at radius 1 is 1.10 bits per heavy atom. The van der Waals surface area contributed by atoms with Crippen molar-refractivity contribution in [2.45, 2.75) is 32.9 Å². The van der Waals surface area contributed by atoms with Crippen LogP contribution in [0.5, 0.6) is 0 Å². The van der Waals surface area contributed by atoms with E-state index in [0.717, 1.165) is 28.1 Å². The molecule has 1 atom stereocenters. The molecule has 2 heterocycles. The van der Waals surface area contributed by atoms with Crippen LogP contribution < -0.4 is 5.32 Å². The largest absolute Gasteiger partial charge is 0.468 e. The van der Waals surface area contributed by atoms with E-state index in [1.807, 2.05) is 73.3 Å². The number of carbonyl (C=O) groups excluding carboxylic acids is 2. The lowest BCUT2D eigenvalue weighted by molar-refractivity contribution is -0.148. The van der Waals surface area contributed by atoms with Gasteiger partial charge in [-0.1, -0.05) is 42.0 Å². The summed E-state index contributed by atoms with van der Waals surface area (Å²) < 4.78 is 6.72. The van der Waals surface area contributed by atoms with E-state index in [4.69, 9.17) is 4.74 Å². The second-order valence-corrected chi connectivity index (χ2v) is 7.88. The maximum atomic E-state index is 13.0. The molecule has 1 N–H and O–H groups in total. The summed E-state index contributed by atoms with van der Waals surface area (Å²) in [5, 5.41) is 7.47. The van der Waals surface area contributed by atoms with E-state index in [-0.39, 0.29) is 18.4 Å². The third-order valence-electron chi connectivity index (χ3n) is 5.54. The maximum absolute atomic E-state index is 13.0. The molecule has 2 aromatic carbocycles. The molecule has 1 unspecified atom stereocenters.